The number of hydrogen-bond acceptors (Lipinski definition) is 8. The maximum Gasteiger partial charge on any atom is 0.415 e. The quantitative estimate of drug-likeness (QED) is 0.444. The molecule has 0 radical (unpaired) electrons. The zero-order chi connectivity index (χ0) is 26.7. The molecule has 0 aliphatic carbocycles. The number of carbonyl (C=O) groups is 2. The monoisotopic (exact) mass is 513 g/mol. The van der Waals surface area contributed by atoms with Gasteiger partial charge >= 0.3 is 12.2 Å². The molecule has 0 unspecified atom stereocenters. The van der Waals surface area contributed by atoms with Crippen molar-refractivity contribution in [3.63, 3.8) is 0 Å². The molecule has 2 amide bonds. The molecule has 194 valence electrons. The number of aromatic nitrogens is 3. The first-order valence-corrected chi connectivity index (χ1v) is 12.7. The molecule has 1 atom stereocenters. The lowest BCUT2D eigenvalue weighted by molar-refractivity contribution is 0.0507. The van der Waals surface area contributed by atoms with Crippen molar-refractivity contribution in [2.24, 2.45) is 0 Å². The number of thiophene rings is 1. The van der Waals surface area contributed by atoms with Crippen molar-refractivity contribution in [1.29, 1.82) is 0 Å². The van der Waals surface area contributed by atoms with Crippen molar-refractivity contribution in [3.8, 4) is 0 Å². The van der Waals surface area contributed by atoms with E-state index in [4.69, 9.17) is 9.47 Å². The lowest BCUT2D eigenvalue weighted by atomic mass is 10.1. The molecule has 0 aliphatic rings. The first-order chi connectivity index (χ1) is 16.7. The molecular formula is C26H35N5O4S. The average Bonchev–Trinajstić information content (AvgIpc) is 3.05. The fourth-order valence-electron chi connectivity index (χ4n) is 3.51. The van der Waals surface area contributed by atoms with E-state index in [1.807, 2.05) is 67.5 Å². The van der Waals surface area contributed by atoms with Gasteiger partial charge < -0.3 is 14.8 Å². The van der Waals surface area contributed by atoms with Gasteiger partial charge in [-0.05, 0) is 78.6 Å². The lowest BCUT2D eigenvalue weighted by Gasteiger charge is -2.27. The molecule has 0 aliphatic heterocycles. The maximum absolute atomic E-state index is 13.3. The van der Waals surface area contributed by atoms with Crippen molar-refractivity contribution in [2.45, 2.75) is 85.6 Å². The summed E-state index contributed by atoms with van der Waals surface area (Å²) in [5.74, 6) is 0. The van der Waals surface area contributed by atoms with Gasteiger partial charge in [0, 0.05) is 29.7 Å². The van der Waals surface area contributed by atoms with Gasteiger partial charge in [0.15, 0.2) is 0 Å². The van der Waals surface area contributed by atoms with Crippen LogP contribution < -0.4 is 10.2 Å². The van der Waals surface area contributed by atoms with Gasteiger partial charge in [-0.25, -0.2) is 9.59 Å². The van der Waals surface area contributed by atoms with Crippen LogP contribution in [0, 0.1) is 6.92 Å². The van der Waals surface area contributed by atoms with Crippen LogP contribution in [-0.2, 0) is 22.4 Å². The smallest absolute Gasteiger partial charge is 0.415 e. The number of carbonyl (C=O) groups excluding carboxylic acids is 2. The Kier molecular flexibility index (Phi) is 8.18. The molecule has 0 saturated heterocycles. The van der Waals surface area contributed by atoms with Crippen molar-refractivity contribution in [1.82, 2.24) is 20.5 Å². The Bertz CT molecular complexity index is 1210. The number of hydrogen-bond donors (Lipinski definition) is 1. The molecule has 0 spiro atoms. The van der Waals surface area contributed by atoms with Gasteiger partial charge in [0.25, 0.3) is 0 Å². The van der Waals surface area contributed by atoms with Gasteiger partial charge in [-0.3, -0.25) is 9.88 Å². The number of anilines is 1. The summed E-state index contributed by atoms with van der Waals surface area (Å²) < 4.78 is 11.9. The average molecular weight is 514 g/mol. The van der Waals surface area contributed by atoms with Crippen LogP contribution in [0.3, 0.4) is 0 Å². The third-order valence-corrected chi connectivity index (χ3v) is 6.36. The number of nitrogens with one attached hydrogen (secondary N) is 1. The fourth-order valence-corrected chi connectivity index (χ4v) is 4.89. The summed E-state index contributed by atoms with van der Waals surface area (Å²) in [4.78, 5) is 32.2. The minimum atomic E-state index is -0.660. The highest BCUT2D eigenvalue weighted by atomic mass is 32.1. The van der Waals surface area contributed by atoms with E-state index in [0.29, 0.717) is 18.7 Å². The molecule has 10 heteroatoms. The second-order valence-corrected chi connectivity index (χ2v) is 11.8. The van der Waals surface area contributed by atoms with Crippen LogP contribution in [0.1, 0.15) is 64.5 Å². The Hall–Kier alpha value is -3.27. The third kappa shape index (κ3) is 7.36. The van der Waals surface area contributed by atoms with Crippen LogP contribution >= 0.6 is 11.3 Å². The SMILES string of the molecule is Cc1c(C[C@H](C)NC(=O)OC(C)(C)C)sc2c(N(Cc3ccncc3)C(=O)OC(C)(C)C)cnnc12. The molecule has 3 aromatic rings. The van der Waals surface area contributed by atoms with Gasteiger partial charge in [-0.15, -0.1) is 16.4 Å². The van der Waals surface area contributed by atoms with E-state index in [-0.39, 0.29) is 6.04 Å². The van der Waals surface area contributed by atoms with Gasteiger partial charge in [0.2, 0.25) is 0 Å². The zero-order valence-electron chi connectivity index (χ0n) is 22.2. The van der Waals surface area contributed by atoms with E-state index < -0.39 is 23.4 Å². The predicted octanol–water partition coefficient (Wildman–Crippen LogP) is 5.79. The molecule has 0 aromatic carbocycles. The van der Waals surface area contributed by atoms with Gasteiger partial charge in [-0.2, -0.15) is 5.10 Å². The van der Waals surface area contributed by atoms with E-state index in [2.05, 4.69) is 20.5 Å². The van der Waals surface area contributed by atoms with E-state index in [0.717, 1.165) is 26.2 Å². The van der Waals surface area contributed by atoms with E-state index in [1.165, 1.54) is 11.3 Å². The standard InChI is InChI=1S/C26H35N5O4S/c1-16(29-23(32)34-25(3,4)5)13-20-17(2)21-22(36-20)19(14-28-30-21)31(24(33)35-26(6,7)8)15-18-9-11-27-12-10-18/h9-12,14,16H,13,15H2,1-8H3,(H,29,32)/t16-/m0/s1. The molecule has 9 nitrogen and oxygen atoms in total. The number of fused-ring (bicyclic) bond motifs is 1. The highest BCUT2D eigenvalue weighted by molar-refractivity contribution is 7.19. The molecule has 3 rings (SSSR count). The van der Waals surface area contributed by atoms with Crippen LogP contribution in [0.5, 0.6) is 0 Å². The summed E-state index contributed by atoms with van der Waals surface area (Å²) >= 11 is 1.54. The van der Waals surface area contributed by atoms with Crippen LogP contribution in [0.25, 0.3) is 10.2 Å². The minimum absolute atomic E-state index is 0.165. The molecule has 36 heavy (non-hydrogen) atoms. The number of aryl methyl sites for hydroxylation is 1. The predicted molar refractivity (Wildman–Crippen MR) is 141 cm³/mol. The Morgan fingerprint density at radius 1 is 1.08 bits per heavy atom. The second-order valence-electron chi connectivity index (χ2n) is 10.7. The van der Waals surface area contributed by atoms with Gasteiger partial charge in [-0.1, -0.05) is 0 Å². The summed E-state index contributed by atoms with van der Waals surface area (Å²) in [7, 11) is 0. The molecule has 3 heterocycles. The summed E-state index contributed by atoms with van der Waals surface area (Å²) in [6.07, 6.45) is 4.63. The molecule has 3 aromatic heterocycles. The lowest BCUT2D eigenvalue weighted by Crippen LogP contribution is -2.38. The highest BCUT2D eigenvalue weighted by Crippen LogP contribution is 2.37. The summed E-state index contributed by atoms with van der Waals surface area (Å²) in [6.45, 7) is 15.2. The molecular weight excluding hydrogens is 478 g/mol. The topological polar surface area (TPSA) is 107 Å². The Morgan fingerprint density at radius 2 is 1.72 bits per heavy atom. The van der Waals surface area contributed by atoms with Crippen LogP contribution in [0.15, 0.2) is 30.7 Å². The first kappa shape index (κ1) is 27.3. The normalized spacial score (nSPS) is 12.8. The van der Waals surface area contributed by atoms with Crippen LogP contribution in [0.2, 0.25) is 0 Å². The number of nitrogens with zero attached hydrogens (tertiary/aromatic N) is 4. The second kappa shape index (κ2) is 10.8. The minimum Gasteiger partial charge on any atom is -0.444 e. The van der Waals surface area contributed by atoms with E-state index in [9.17, 15) is 9.59 Å². The van der Waals surface area contributed by atoms with Gasteiger partial charge in [0.1, 0.15) is 16.7 Å². The van der Waals surface area contributed by atoms with Crippen molar-refractivity contribution < 1.29 is 19.1 Å². The third-order valence-electron chi connectivity index (χ3n) is 5.03. The van der Waals surface area contributed by atoms with Crippen molar-refractivity contribution in [2.75, 3.05) is 4.90 Å². The summed E-state index contributed by atoms with van der Waals surface area (Å²) in [5.41, 5.74) is 1.99. The number of alkyl carbamates (subject to hydrolysis) is 1. The summed E-state index contributed by atoms with van der Waals surface area (Å²) in [6, 6.07) is 3.55. The number of pyridine rings is 1. The largest absolute Gasteiger partial charge is 0.444 e. The molecule has 0 fully saturated rings. The van der Waals surface area contributed by atoms with Crippen molar-refractivity contribution >= 4 is 39.4 Å². The first-order valence-electron chi connectivity index (χ1n) is 11.9. The van der Waals surface area contributed by atoms with Crippen LogP contribution in [-0.4, -0.2) is 44.6 Å². The van der Waals surface area contributed by atoms with E-state index in [1.54, 1.807) is 23.5 Å². The van der Waals surface area contributed by atoms with Crippen molar-refractivity contribution in [3.05, 3.63) is 46.7 Å². The number of ether oxygens (including phenoxy) is 2. The van der Waals surface area contributed by atoms with Crippen LogP contribution in [0.4, 0.5) is 15.3 Å². The van der Waals surface area contributed by atoms with Gasteiger partial charge in [0.05, 0.1) is 23.1 Å². The fraction of sp³-hybridized carbons (Fsp3) is 0.500. The molecule has 0 bridgehead atoms. The Balaban J connectivity index is 1.94. The number of amides is 2. The molecule has 1 N–H and O–H groups in total. The zero-order valence-corrected chi connectivity index (χ0v) is 23.0. The molecule has 0 saturated carbocycles. The Labute approximate surface area is 216 Å². The number of rotatable bonds is 6. The maximum atomic E-state index is 13.3. The summed E-state index contributed by atoms with van der Waals surface area (Å²) in [5, 5.41) is 11.5. The Morgan fingerprint density at radius 3 is 2.33 bits per heavy atom. The van der Waals surface area contributed by atoms with E-state index >= 15 is 0 Å². The highest BCUT2D eigenvalue weighted by Gasteiger charge is 2.27.